The molecule has 2 rings (SSSR count). The molecule has 5 nitrogen and oxygen atoms in total. The van der Waals surface area contributed by atoms with E-state index in [2.05, 4.69) is 17.1 Å². The van der Waals surface area contributed by atoms with Crippen molar-refractivity contribution in [1.29, 1.82) is 0 Å². The third kappa shape index (κ3) is 4.30. The number of nitrogens with one attached hydrogen (secondary N) is 1. The van der Waals surface area contributed by atoms with E-state index in [-0.39, 0.29) is 0 Å². The van der Waals surface area contributed by atoms with Crippen molar-refractivity contribution in [2.45, 2.75) is 32.2 Å². The third-order valence-corrected chi connectivity index (χ3v) is 4.51. The van der Waals surface area contributed by atoms with Crippen LogP contribution in [-0.4, -0.2) is 52.4 Å². The third-order valence-electron chi connectivity index (χ3n) is 4.51. The van der Waals surface area contributed by atoms with Crippen molar-refractivity contribution in [2.24, 2.45) is 0 Å². The van der Waals surface area contributed by atoms with Crippen molar-refractivity contribution in [2.75, 3.05) is 47.5 Å². The first-order valence-electron chi connectivity index (χ1n) is 8.49. The molecule has 0 amide bonds. The van der Waals surface area contributed by atoms with Gasteiger partial charge in [0.25, 0.3) is 0 Å². The smallest absolute Gasteiger partial charge is 0.131 e. The molecule has 0 radical (unpaired) electrons. The van der Waals surface area contributed by atoms with Gasteiger partial charge < -0.3 is 19.5 Å². The van der Waals surface area contributed by atoms with E-state index in [4.69, 9.17) is 14.2 Å². The fourth-order valence-corrected chi connectivity index (χ4v) is 3.26. The zero-order valence-corrected chi connectivity index (χ0v) is 14.9. The fourth-order valence-electron chi connectivity index (χ4n) is 3.26. The summed E-state index contributed by atoms with van der Waals surface area (Å²) in [4.78, 5) is 2.54. The van der Waals surface area contributed by atoms with E-state index in [9.17, 15) is 0 Å². The van der Waals surface area contributed by atoms with Crippen LogP contribution in [0.4, 0.5) is 0 Å². The maximum atomic E-state index is 5.68. The van der Waals surface area contributed by atoms with E-state index in [1.165, 1.54) is 12.8 Å². The Morgan fingerprint density at radius 2 is 1.65 bits per heavy atom. The van der Waals surface area contributed by atoms with Gasteiger partial charge in [0.2, 0.25) is 0 Å². The Morgan fingerprint density at radius 3 is 2.13 bits per heavy atom. The molecule has 130 valence electrons. The molecule has 0 aliphatic carbocycles. The summed E-state index contributed by atoms with van der Waals surface area (Å²) in [7, 11) is 5.09. The van der Waals surface area contributed by atoms with Gasteiger partial charge in [-0.15, -0.1) is 0 Å². The number of piperazine rings is 1. The summed E-state index contributed by atoms with van der Waals surface area (Å²) in [5, 5.41) is 3.43. The van der Waals surface area contributed by atoms with Crippen LogP contribution in [0.1, 0.15) is 37.8 Å². The molecule has 0 saturated carbocycles. The van der Waals surface area contributed by atoms with Crippen molar-refractivity contribution in [3.05, 3.63) is 17.7 Å². The van der Waals surface area contributed by atoms with Gasteiger partial charge in [0.1, 0.15) is 17.2 Å². The summed E-state index contributed by atoms with van der Waals surface area (Å²) in [5.41, 5.74) is 1.14. The van der Waals surface area contributed by atoms with Gasteiger partial charge >= 0.3 is 0 Å². The number of methoxy groups -OCH3 is 3. The lowest BCUT2D eigenvalue weighted by Crippen LogP contribution is -2.45. The monoisotopic (exact) mass is 322 g/mol. The molecule has 1 atom stereocenters. The molecular weight excluding hydrogens is 292 g/mol. The Morgan fingerprint density at radius 1 is 1.04 bits per heavy atom. The van der Waals surface area contributed by atoms with Gasteiger partial charge in [-0.25, -0.2) is 0 Å². The Balaban J connectivity index is 2.42. The van der Waals surface area contributed by atoms with Crippen LogP contribution in [0.5, 0.6) is 17.2 Å². The molecule has 0 bridgehead atoms. The van der Waals surface area contributed by atoms with Crippen molar-refractivity contribution in [3.63, 3.8) is 0 Å². The fraction of sp³-hybridized carbons (Fsp3) is 0.667. The molecule has 1 aliphatic rings. The van der Waals surface area contributed by atoms with E-state index in [0.717, 1.165) is 55.4 Å². The van der Waals surface area contributed by atoms with Gasteiger partial charge in [-0.05, 0) is 6.42 Å². The topological polar surface area (TPSA) is 43.0 Å². The highest BCUT2D eigenvalue weighted by atomic mass is 16.5. The molecule has 1 aromatic rings. The molecule has 5 heteroatoms. The number of benzene rings is 1. The zero-order chi connectivity index (χ0) is 16.7. The highest BCUT2D eigenvalue weighted by Gasteiger charge is 2.28. The number of hydrogen-bond acceptors (Lipinski definition) is 5. The molecular formula is C18H30N2O3. The lowest BCUT2D eigenvalue weighted by molar-refractivity contribution is 0.157. The first-order chi connectivity index (χ1) is 11.2. The Hall–Kier alpha value is -1.46. The standard InChI is InChI=1S/C18H30N2O3/c1-5-6-7-15(20-10-8-19-9-11-20)18-16(22-3)12-14(21-2)13-17(18)23-4/h12-13,15,19H,5-11H2,1-4H3/t15-/m1/s1. The molecule has 1 fully saturated rings. The molecule has 0 spiro atoms. The number of hydrogen-bond donors (Lipinski definition) is 1. The Kier molecular flexibility index (Phi) is 6.99. The lowest BCUT2D eigenvalue weighted by Gasteiger charge is -2.36. The van der Waals surface area contributed by atoms with Crippen LogP contribution in [-0.2, 0) is 0 Å². The van der Waals surface area contributed by atoms with Crippen LogP contribution in [0.15, 0.2) is 12.1 Å². The van der Waals surface area contributed by atoms with Gasteiger partial charge in [0.15, 0.2) is 0 Å². The Labute approximate surface area is 139 Å². The predicted molar refractivity (Wildman–Crippen MR) is 92.8 cm³/mol. The van der Waals surface area contributed by atoms with Crippen LogP contribution in [0.2, 0.25) is 0 Å². The number of rotatable bonds is 8. The summed E-state index contributed by atoms with van der Waals surface area (Å²) in [5.74, 6) is 2.46. The van der Waals surface area contributed by atoms with Crippen molar-refractivity contribution < 1.29 is 14.2 Å². The molecule has 0 unspecified atom stereocenters. The average molecular weight is 322 g/mol. The van der Waals surface area contributed by atoms with Crippen molar-refractivity contribution >= 4 is 0 Å². The largest absolute Gasteiger partial charge is 0.496 e. The Bertz CT molecular complexity index is 462. The van der Waals surface area contributed by atoms with Crippen molar-refractivity contribution in [3.8, 4) is 17.2 Å². The number of nitrogens with zero attached hydrogens (tertiary/aromatic N) is 1. The maximum absolute atomic E-state index is 5.68. The number of unbranched alkanes of at least 4 members (excludes halogenated alkanes) is 1. The van der Waals surface area contributed by atoms with E-state index in [1.54, 1.807) is 21.3 Å². The summed E-state index contributed by atoms with van der Waals surface area (Å²) in [6, 6.07) is 4.23. The average Bonchev–Trinajstić information content (AvgIpc) is 2.62. The summed E-state index contributed by atoms with van der Waals surface area (Å²) >= 11 is 0. The van der Waals surface area contributed by atoms with E-state index < -0.39 is 0 Å². The minimum absolute atomic E-state index is 0.313. The van der Waals surface area contributed by atoms with Gasteiger partial charge in [-0.3, -0.25) is 4.90 Å². The lowest BCUT2D eigenvalue weighted by atomic mass is 9.96. The van der Waals surface area contributed by atoms with Gasteiger partial charge in [0, 0.05) is 44.4 Å². The van der Waals surface area contributed by atoms with Gasteiger partial charge in [-0.2, -0.15) is 0 Å². The highest BCUT2D eigenvalue weighted by Crippen LogP contribution is 2.42. The normalized spacial score (nSPS) is 16.9. The highest BCUT2D eigenvalue weighted by molar-refractivity contribution is 5.52. The molecule has 1 aliphatic heterocycles. The quantitative estimate of drug-likeness (QED) is 0.797. The van der Waals surface area contributed by atoms with Crippen LogP contribution >= 0.6 is 0 Å². The van der Waals surface area contributed by atoms with Crippen LogP contribution in [0, 0.1) is 0 Å². The molecule has 1 N–H and O–H groups in total. The second kappa shape index (κ2) is 8.99. The first kappa shape index (κ1) is 17.9. The van der Waals surface area contributed by atoms with Gasteiger partial charge in [-0.1, -0.05) is 19.8 Å². The van der Waals surface area contributed by atoms with Gasteiger partial charge in [0.05, 0.1) is 26.9 Å². The van der Waals surface area contributed by atoms with Crippen LogP contribution < -0.4 is 19.5 Å². The van der Waals surface area contributed by atoms with E-state index in [0.29, 0.717) is 6.04 Å². The maximum Gasteiger partial charge on any atom is 0.131 e. The minimum atomic E-state index is 0.313. The zero-order valence-electron chi connectivity index (χ0n) is 14.9. The summed E-state index contributed by atoms with van der Waals surface area (Å²) < 4.78 is 16.7. The minimum Gasteiger partial charge on any atom is -0.496 e. The second-order valence-corrected chi connectivity index (χ2v) is 5.89. The van der Waals surface area contributed by atoms with Crippen molar-refractivity contribution in [1.82, 2.24) is 10.2 Å². The first-order valence-corrected chi connectivity index (χ1v) is 8.49. The summed E-state index contributed by atoms with van der Waals surface area (Å²) in [6.45, 7) is 6.39. The van der Waals surface area contributed by atoms with Crippen LogP contribution in [0.3, 0.4) is 0 Å². The van der Waals surface area contributed by atoms with E-state index >= 15 is 0 Å². The molecule has 23 heavy (non-hydrogen) atoms. The summed E-state index contributed by atoms with van der Waals surface area (Å²) in [6.07, 6.45) is 3.48. The number of ether oxygens (including phenoxy) is 3. The van der Waals surface area contributed by atoms with Crippen LogP contribution in [0.25, 0.3) is 0 Å². The SMILES string of the molecule is CCCC[C@H](c1c(OC)cc(OC)cc1OC)N1CCNCC1. The van der Waals surface area contributed by atoms with E-state index in [1.807, 2.05) is 12.1 Å². The molecule has 0 aromatic heterocycles. The molecule has 1 heterocycles. The molecule has 1 saturated heterocycles. The molecule has 1 aromatic carbocycles. The second-order valence-electron chi connectivity index (χ2n) is 5.89. The predicted octanol–water partition coefficient (Wildman–Crippen LogP) is 2.85.